The van der Waals surface area contributed by atoms with E-state index in [1.54, 1.807) is 48.5 Å². The lowest BCUT2D eigenvalue weighted by Crippen LogP contribution is -2.27. The second kappa shape index (κ2) is 9.30. The minimum atomic E-state index is -0.452. The smallest absolute Gasteiger partial charge is 0.270 e. The highest BCUT2D eigenvalue weighted by Crippen LogP contribution is 2.38. The van der Waals surface area contributed by atoms with Crippen molar-refractivity contribution in [3.8, 4) is 5.75 Å². The number of thiocarbonyl (C=S) groups is 1. The predicted octanol–water partition coefficient (Wildman–Crippen LogP) is 6.71. The molecule has 3 aromatic rings. The van der Waals surface area contributed by atoms with Gasteiger partial charge in [0, 0.05) is 15.6 Å². The molecule has 1 aliphatic rings. The fourth-order valence-electron chi connectivity index (χ4n) is 2.98. The maximum atomic E-state index is 13.9. The fourth-order valence-corrected chi connectivity index (χ4v) is 4.65. The number of halogens is 3. The van der Waals surface area contributed by atoms with Gasteiger partial charge in [-0.3, -0.25) is 9.69 Å². The molecule has 0 N–H and O–H groups in total. The van der Waals surface area contributed by atoms with Crippen LogP contribution in [0.1, 0.15) is 11.1 Å². The quantitative estimate of drug-likeness (QED) is 0.277. The van der Waals surface area contributed by atoms with Crippen molar-refractivity contribution in [3.63, 3.8) is 0 Å². The van der Waals surface area contributed by atoms with Crippen LogP contribution in [0.2, 0.25) is 0 Å². The van der Waals surface area contributed by atoms with E-state index in [0.29, 0.717) is 31.8 Å². The highest BCUT2D eigenvalue weighted by atomic mass is 79.9. The lowest BCUT2D eigenvalue weighted by atomic mass is 10.1. The molecule has 0 unspecified atom stereocenters. The van der Waals surface area contributed by atoms with Crippen molar-refractivity contribution in [1.29, 1.82) is 0 Å². The van der Waals surface area contributed by atoms with E-state index in [0.717, 1.165) is 16.2 Å². The normalized spacial score (nSPS) is 15.1. The Kier molecular flexibility index (Phi) is 6.50. The van der Waals surface area contributed by atoms with Gasteiger partial charge in [0.15, 0.2) is 4.32 Å². The maximum absolute atomic E-state index is 13.9. The van der Waals surface area contributed by atoms with E-state index in [4.69, 9.17) is 17.0 Å². The summed E-state index contributed by atoms with van der Waals surface area (Å²) in [5.74, 6) is -0.661. The van der Waals surface area contributed by atoms with Gasteiger partial charge in [0.2, 0.25) is 0 Å². The summed E-state index contributed by atoms with van der Waals surface area (Å²) in [6.45, 7) is 0.0411. The summed E-state index contributed by atoms with van der Waals surface area (Å²) >= 11 is 9.89. The van der Waals surface area contributed by atoms with Gasteiger partial charge in [-0.05, 0) is 48.5 Å². The van der Waals surface area contributed by atoms with Gasteiger partial charge in [0.25, 0.3) is 5.91 Å². The molecule has 3 aromatic carbocycles. The first-order valence-electron chi connectivity index (χ1n) is 9.11. The van der Waals surface area contributed by atoms with Crippen molar-refractivity contribution in [1.82, 2.24) is 0 Å². The molecule has 1 fully saturated rings. The zero-order valence-corrected chi connectivity index (χ0v) is 19.1. The first-order chi connectivity index (χ1) is 14.9. The molecule has 31 heavy (non-hydrogen) atoms. The minimum absolute atomic E-state index is 0.0411. The van der Waals surface area contributed by atoms with Crippen LogP contribution >= 0.6 is 39.9 Å². The Hall–Kier alpha value is -2.55. The molecule has 156 valence electrons. The second-order valence-corrected chi connectivity index (χ2v) is 9.15. The molecule has 0 bridgehead atoms. The lowest BCUT2D eigenvalue weighted by molar-refractivity contribution is -0.113. The van der Waals surface area contributed by atoms with Crippen LogP contribution in [0, 0.1) is 11.6 Å². The Labute approximate surface area is 195 Å². The number of thioether (sulfide) groups is 1. The molecule has 4 rings (SSSR count). The Morgan fingerprint density at radius 2 is 1.87 bits per heavy atom. The molecule has 0 spiro atoms. The van der Waals surface area contributed by atoms with E-state index >= 15 is 0 Å². The number of carbonyl (C=O) groups excluding carboxylic acids is 1. The molecular formula is C23H14BrF2NO2S2. The lowest BCUT2D eigenvalue weighted by Gasteiger charge is -2.14. The Balaban J connectivity index is 1.62. The number of carbonyl (C=O) groups is 1. The Morgan fingerprint density at radius 3 is 2.65 bits per heavy atom. The molecule has 0 saturated carbocycles. The molecule has 0 aromatic heterocycles. The van der Waals surface area contributed by atoms with Gasteiger partial charge in [-0.25, -0.2) is 8.78 Å². The number of nitrogens with zero attached hydrogens (tertiary/aromatic N) is 1. The standard InChI is InChI=1S/C23H14BrF2NO2S2/c24-16-8-9-20(29-13-14-4-1-2-7-19(14)26)15(10-16)11-21-22(28)27(23(30)31-21)18-6-3-5-17(25)12-18/h1-12H,13H2. The molecule has 0 aliphatic carbocycles. The van der Waals surface area contributed by atoms with Gasteiger partial charge in [-0.15, -0.1) is 0 Å². The van der Waals surface area contributed by atoms with Crippen molar-refractivity contribution in [2.45, 2.75) is 6.61 Å². The fraction of sp³-hybridized carbons (Fsp3) is 0.0435. The predicted molar refractivity (Wildman–Crippen MR) is 127 cm³/mol. The molecule has 1 amide bonds. The molecule has 1 aliphatic heterocycles. The average Bonchev–Trinajstić information content (AvgIpc) is 3.01. The van der Waals surface area contributed by atoms with Crippen molar-refractivity contribution in [2.24, 2.45) is 0 Å². The van der Waals surface area contributed by atoms with E-state index < -0.39 is 5.82 Å². The Morgan fingerprint density at radius 1 is 1.06 bits per heavy atom. The summed E-state index contributed by atoms with van der Waals surface area (Å²) in [6.07, 6.45) is 1.67. The van der Waals surface area contributed by atoms with E-state index in [2.05, 4.69) is 15.9 Å². The van der Waals surface area contributed by atoms with Crippen LogP contribution in [0.5, 0.6) is 5.75 Å². The molecule has 1 heterocycles. The summed E-state index contributed by atoms with van der Waals surface area (Å²) in [7, 11) is 0. The molecular weight excluding hydrogens is 504 g/mol. The third-order valence-electron chi connectivity index (χ3n) is 4.46. The summed E-state index contributed by atoms with van der Waals surface area (Å²) < 4.78 is 34.5. The van der Waals surface area contributed by atoms with E-state index in [1.807, 2.05) is 0 Å². The zero-order chi connectivity index (χ0) is 22.0. The molecule has 8 heteroatoms. The number of hydrogen-bond donors (Lipinski definition) is 0. The van der Waals surface area contributed by atoms with Crippen LogP contribution in [0.25, 0.3) is 6.08 Å². The number of benzene rings is 3. The first-order valence-corrected chi connectivity index (χ1v) is 11.1. The van der Waals surface area contributed by atoms with Crippen molar-refractivity contribution in [2.75, 3.05) is 4.90 Å². The van der Waals surface area contributed by atoms with Crippen molar-refractivity contribution >= 4 is 61.9 Å². The zero-order valence-electron chi connectivity index (χ0n) is 15.8. The SMILES string of the molecule is O=C1C(=Cc2cc(Br)ccc2OCc2ccccc2F)SC(=S)N1c1cccc(F)c1. The summed E-state index contributed by atoms with van der Waals surface area (Å²) in [6, 6.07) is 17.4. The largest absolute Gasteiger partial charge is 0.488 e. The summed E-state index contributed by atoms with van der Waals surface area (Å²) in [4.78, 5) is 14.7. The highest BCUT2D eigenvalue weighted by molar-refractivity contribution is 9.10. The van der Waals surface area contributed by atoms with Gasteiger partial charge in [0.05, 0.1) is 10.6 Å². The van der Waals surface area contributed by atoms with Crippen LogP contribution < -0.4 is 9.64 Å². The molecule has 0 atom stereocenters. The third kappa shape index (κ3) is 4.87. The Bertz CT molecular complexity index is 1220. The number of anilines is 1. The van der Waals surface area contributed by atoms with Crippen LogP contribution in [0.3, 0.4) is 0 Å². The number of amides is 1. The van der Waals surface area contributed by atoms with Crippen LogP contribution in [-0.2, 0) is 11.4 Å². The molecule has 3 nitrogen and oxygen atoms in total. The number of hydrogen-bond acceptors (Lipinski definition) is 4. The van der Waals surface area contributed by atoms with Gasteiger partial charge >= 0.3 is 0 Å². The first kappa shape index (κ1) is 21.7. The maximum Gasteiger partial charge on any atom is 0.270 e. The van der Waals surface area contributed by atoms with Gasteiger partial charge in [-0.1, -0.05) is 64.2 Å². The van der Waals surface area contributed by atoms with Crippen LogP contribution in [0.15, 0.2) is 76.1 Å². The van der Waals surface area contributed by atoms with Crippen LogP contribution in [0.4, 0.5) is 14.5 Å². The van der Waals surface area contributed by atoms with Crippen molar-refractivity contribution < 1.29 is 18.3 Å². The molecule has 1 saturated heterocycles. The average molecular weight is 518 g/mol. The van der Waals surface area contributed by atoms with Gasteiger partial charge in [0.1, 0.15) is 24.0 Å². The van der Waals surface area contributed by atoms with E-state index in [-0.39, 0.29) is 18.3 Å². The monoisotopic (exact) mass is 517 g/mol. The van der Waals surface area contributed by atoms with Gasteiger partial charge in [-0.2, -0.15) is 0 Å². The minimum Gasteiger partial charge on any atom is -0.488 e. The van der Waals surface area contributed by atoms with E-state index in [1.165, 1.54) is 29.2 Å². The topological polar surface area (TPSA) is 29.5 Å². The highest BCUT2D eigenvalue weighted by Gasteiger charge is 2.33. The summed E-state index contributed by atoms with van der Waals surface area (Å²) in [5.41, 5.74) is 1.43. The number of ether oxygens (including phenoxy) is 1. The second-order valence-electron chi connectivity index (χ2n) is 6.56. The summed E-state index contributed by atoms with van der Waals surface area (Å²) in [5, 5.41) is 0. The molecule has 0 radical (unpaired) electrons. The number of rotatable bonds is 5. The van der Waals surface area contributed by atoms with Gasteiger partial charge < -0.3 is 4.74 Å². The van der Waals surface area contributed by atoms with E-state index in [9.17, 15) is 13.6 Å². The van der Waals surface area contributed by atoms with Crippen LogP contribution in [-0.4, -0.2) is 10.2 Å². The van der Waals surface area contributed by atoms with Crippen molar-refractivity contribution in [3.05, 3.63) is 98.9 Å². The third-order valence-corrected chi connectivity index (χ3v) is 6.25.